The lowest BCUT2D eigenvalue weighted by atomic mass is 9.70. The van der Waals surface area contributed by atoms with Gasteiger partial charge in [0.2, 0.25) is 0 Å². The van der Waals surface area contributed by atoms with E-state index in [1.54, 1.807) is 0 Å². The average Bonchev–Trinajstić information content (AvgIpc) is 3.10. The molecule has 2 N–H and O–H groups in total. The molecular formula is C24H36N2O2. The van der Waals surface area contributed by atoms with Crippen molar-refractivity contribution in [1.29, 1.82) is 0 Å². The highest BCUT2D eigenvalue weighted by molar-refractivity contribution is 6.05. The molecule has 4 heteroatoms. The van der Waals surface area contributed by atoms with E-state index in [0.29, 0.717) is 23.4 Å². The predicted octanol–water partition coefficient (Wildman–Crippen LogP) is 3.98. The van der Waals surface area contributed by atoms with E-state index in [1.807, 2.05) is 12.4 Å². The Morgan fingerprint density at radius 1 is 0.750 bits per heavy atom. The summed E-state index contributed by atoms with van der Waals surface area (Å²) < 4.78 is 0. The summed E-state index contributed by atoms with van der Waals surface area (Å²) in [4.78, 5) is 25.7. The number of allylic oxidation sites excluding steroid dienone is 2. The van der Waals surface area contributed by atoms with Crippen LogP contribution in [0.3, 0.4) is 0 Å². The molecule has 0 amide bonds. The molecule has 0 heterocycles. The van der Waals surface area contributed by atoms with E-state index < -0.39 is 0 Å². The number of hydrogen-bond acceptors (Lipinski definition) is 4. The summed E-state index contributed by atoms with van der Waals surface area (Å²) in [5.41, 5.74) is 1.69. The normalized spacial score (nSPS) is 42.8. The fraction of sp³-hybridized carbons (Fsp3) is 0.750. The minimum atomic E-state index is -0.196. The van der Waals surface area contributed by atoms with E-state index in [9.17, 15) is 9.59 Å². The second-order valence-corrected chi connectivity index (χ2v) is 11.1. The van der Waals surface area contributed by atoms with E-state index in [0.717, 1.165) is 49.9 Å². The lowest BCUT2D eigenvalue weighted by molar-refractivity contribution is -0.126. The standard InChI is InChI=1S/C24H36N2O2/c1-21(2)17-7-9-23(21,5)19(27)15(17)13-25-11-12-26-14-16-18-8-10-24(6,20(16)28)22(18,3)4/h13-14,17-18,25-26H,7-12H2,1-6H3/b15-13-,16-14?. The van der Waals surface area contributed by atoms with Gasteiger partial charge in [-0.1, -0.05) is 41.5 Å². The van der Waals surface area contributed by atoms with Crippen LogP contribution in [0.2, 0.25) is 0 Å². The molecule has 0 aromatic heterocycles. The highest BCUT2D eigenvalue weighted by Gasteiger charge is 2.64. The highest BCUT2D eigenvalue weighted by atomic mass is 16.1. The van der Waals surface area contributed by atoms with Crippen molar-refractivity contribution in [1.82, 2.24) is 10.6 Å². The molecule has 0 aliphatic heterocycles. The van der Waals surface area contributed by atoms with Gasteiger partial charge in [-0.2, -0.15) is 0 Å². The molecule has 4 nitrogen and oxygen atoms in total. The van der Waals surface area contributed by atoms with Gasteiger partial charge in [0, 0.05) is 47.5 Å². The summed E-state index contributed by atoms with van der Waals surface area (Å²) in [6, 6.07) is 0. The third-order valence-electron chi connectivity index (χ3n) is 9.66. The number of ketones is 2. The zero-order chi connectivity index (χ0) is 20.5. The van der Waals surface area contributed by atoms with Gasteiger partial charge in [0.25, 0.3) is 0 Å². The molecule has 4 rings (SSSR count). The van der Waals surface area contributed by atoms with Crippen LogP contribution in [0.4, 0.5) is 0 Å². The Balaban J connectivity index is 1.32. The summed E-state index contributed by atoms with van der Waals surface area (Å²) in [5.74, 6) is 1.42. The Kier molecular flexibility index (Phi) is 4.20. The summed E-state index contributed by atoms with van der Waals surface area (Å²) in [6.07, 6.45) is 8.18. The molecule has 0 saturated heterocycles. The van der Waals surface area contributed by atoms with Crippen molar-refractivity contribution >= 4 is 11.6 Å². The molecule has 0 aromatic carbocycles. The minimum Gasteiger partial charge on any atom is -0.389 e. The quantitative estimate of drug-likeness (QED) is 0.556. The average molecular weight is 385 g/mol. The summed E-state index contributed by atoms with van der Waals surface area (Å²) in [5, 5.41) is 6.66. The first-order chi connectivity index (χ1) is 13.0. The summed E-state index contributed by atoms with van der Waals surface area (Å²) in [6.45, 7) is 14.7. The maximum Gasteiger partial charge on any atom is 0.167 e. The van der Waals surface area contributed by atoms with E-state index >= 15 is 0 Å². The van der Waals surface area contributed by atoms with Gasteiger partial charge in [-0.3, -0.25) is 9.59 Å². The first kappa shape index (κ1) is 19.7. The molecular weight excluding hydrogens is 348 g/mol. The smallest absolute Gasteiger partial charge is 0.167 e. The third-order valence-corrected chi connectivity index (χ3v) is 9.66. The van der Waals surface area contributed by atoms with Gasteiger partial charge in [0.15, 0.2) is 11.6 Å². The number of nitrogens with one attached hydrogen (secondary N) is 2. The van der Waals surface area contributed by atoms with Crippen molar-refractivity contribution in [3.8, 4) is 0 Å². The molecule has 4 aliphatic carbocycles. The lowest BCUT2D eigenvalue weighted by Crippen LogP contribution is -2.32. The predicted molar refractivity (Wildman–Crippen MR) is 111 cm³/mol. The number of fused-ring (bicyclic) bond motifs is 4. The zero-order valence-corrected chi connectivity index (χ0v) is 18.4. The fourth-order valence-corrected chi connectivity index (χ4v) is 6.70. The first-order valence-electron chi connectivity index (χ1n) is 10.9. The number of carbonyl (C=O) groups is 2. The second kappa shape index (κ2) is 5.96. The largest absolute Gasteiger partial charge is 0.389 e. The molecule has 0 spiro atoms. The van der Waals surface area contributed by atoms with Gasteiger partial charge >= 0.3 is 0 Å². The Morgan fingerprint density at radius 3 is 1.39 bits per heavy atom. The maximum absolute atomic E-state index is 12.8. The van der Waals surface area contributed by atoms with Crippen LogP contribution in [0.1, 0.15) is 67.2 Å². The van der Waals surface area contributed by atoms with Crippen molar-refractivity contribution in [3.05, 3.63) is 23.5 Å². The topological polar surface area (TPSA) is 58.2 Å². The summed E-state index contributed by atoms with van der Waals surface area (Å²) in [7, 11) is 0. The number of hydrogen-bond donors (Lipinski definition) is 2. The first-order valence-corrected chi connectivity index (χ1v) is 10.9. The molecule has 0 radical (unpaired) electrons. The summed E-state index contributed by atoms with van der Waals surface area (Å²) >= 11 is 0. The molecule has 4 aliphatic rings. The van der Waals surface area contributed by atoms with E-state index in [2.05, 4.69) is 52.2 Å². The van der Waals surface area contributed by atoms with E-state index in [1.165, 1.54) is 0 Å². The Labute approximate surface area is 169 Å². The van der Waals surface area contributed by atoms with E-state index in [4.69, 9.17) is 0 Å². The number of Topliss-reactive ketones (excluding diaryl/α,β-unsaturated/α-hetero) is 2. The van der Waals surface area contributed by atoms with Crippen LogP contribution in [0.15, 0.2) is 23.5 Å². The van der Waals surface area contributed by atoms with Gasteiger partial charge in [-0.25, -0.2) is 0 Å². The number of rotatable bonds is 5. The highest BCUT2D eigenvalue weighted by Crippen LogP contribution is 2.66. The Morgan fingerprint density at radius 2 is 1.11 bits per heavy atom. The fourth-order valence-electron chi connectivity index (χ4n) is 6.70. The Bertz CT molecular complexity index is 724. The molecule has 154 valence electrons. The van der Waals surface area contributed by atoms with Crippen LogP contribution in [-0.2, 0) is 9.59 Å². The monoisotopic (exact) mass is 384 g/mol. The van der Waals surface area contributed by atoms with Crippen LogP contribution in [0, 0.1) is 33.5 Å². The molecule has 4 saturated carbocycles. The van der Waals surface area contributed by atoms with Crippen LogP contribution in [-0.4, -0.2) is 24.7 Å². The molecule has 0 aromatic rings. The van der Waals surface area contributed by atoms with Crippen LogP contribution >= 0.6 is 0 Å². The molecule has 4 unspecified atom stereocenters. The minimum absolute atomic E-state index is 0.0608. The zero-order valence-electron chi connectivity index (χ0n) is 18.4. The van der Waals surface area contributed by atoms with Crippen LogP contribution in [0.5, 0.6) is 0 Å². The van der Waals surface area contributed by atoms with Crippen LogP contribution < -0.4 is 10.6 Å². The van der Waals surface area contributed by atoms with Crippen LogP contribution in [0.25, 0.3) is 0 Å². The molecule has 4 bridgehead atoms. The van der Waals surface area contributed by atoms with E-state index in [-0.39, 0.29) is 21.7 Å². The van der Waals surface area contributed by atoms with Crippen molar-refractivity contribution < 1.29 is 9.59 Å². The van der Waals surface area contributed by atoms with Gasteiger partial charge < -0.3 is 10.6 Å². The van der Waals surface area contributed by atoms with Gasteiger partial charge in [0.05, 0.1) is 0 Å². The maximum atomic E-state index is 12.8. The third kappa shape index (κ3) is 2.23. The van der Waals surface area contributed by atoms with Gasteiger partial charge in [-0.05, 0) is 48.3 Å². The Hall–Kier alpha value is -1.58. The van der Waals surface area contributed by atoms with Crippen molar-refractivity contribution in [2.45, 2.75) is 67.2 Å². The van der Waals surface area contributed by atoms with Gasteiger partial charge in [-0.15, -0.1) is 0 Å². The van der Waals surface area contributed by atoms with Crippen molar-refractivity contribution in [2.75, 3.05) is 13.1 Å². The number of carbonyl (C=O) groups excluding carboxylic acids is 2. The van der Waals surface area contributed by atoms with Gasteiger partial charge in [0.1, 0.15) is 0 Å². The molecule has 4 atom stereocenters. The SMILES string of the molecule is CC12CCC(C(=CNCCN/C=C3\C(=O)C4(C)CCC3C4(C)C)C1=O)C2(C)C. The molecule has 4 fully saturated rings. The van der Waals surface area contributed by atoms with Crippen molar-refractivity contribution in [2.24, 2.45) is 33.5 Å². The molecule has 28 heavy (non-hydrogen) atoms. The second-order valence-electron chi connectivity index (χ2n) is 11.1. The lowest BCUT2D eigenvalue weighted by Gasteiger charge is -2.31. The van der Waals surface area contributed by atoms with Crippen molar-refractivity contribution in [3.63, 3.8) is 0 Å².